The van der Waals surface area contributed by atoms with Gasteiger partial charge in [0.05, 0.1) is 30.5 Å². The molecule has 0 fully saturated rings. The van der Waals surface area contributed by atoms with Gasteiger partial charge in [-0.2, -0.15) is 0 Å². The highest BCUT2D eigenvalue weighted by atomic mass is 32.2. The minimum absolute atomic E-state index is 0.00704. The molecule has 0 saturated heterocycles. The predicted molar refractivity (Wildman–Crippen MR) is 128 cm³/mol. The first-order valence-corrected chi connectivity index (χ1v) is 12.4. The van der Waals surface area contributed by atoms with E-state index in [4.69, 9.17) is 4.74 Å². The Morgan fingerprint density at radius 3 is 2.47 bits per heavy atom. The molecule has 5 rings (SSSR count). The van der Waals surface area contributed by atoms with Gasteiger partial charge >= 0.3 is 5.97 Å². The summed E-state index contributed by atoms with van der Waals surface area (Å²) in [7, 11) is -4.00. The van der Waals surface area contributed by atoms with Crippen molar-refractivity contribution in [3.63, 3.8) is 0 Å². The highest BCUT2D eigenvalue weighted by molar-refractivity contribution is 7.90. The second-order valence-electron chi connectivity index (χ2n) is 7.93. The molecule has 1 atom stereocenters. The highest BCUT2D eigenvalue weighted by Gasteiger charge is 2.40. The molecular formula is C26H22N2O5S. The number of carbonyl (C=O) groups is 2. The SMILES string of the molecule is CCOC(=O)CC1c2cccn2S(=O)(=O)c2ccccc2N1C(=O)c1cccc2ccccc12. The molecule has 0 spiro atoms. The average molecular weight is 475 g/mol. The normalized spacial score (nSPS) is 16.4. The number of amides is 1. The van der Waals surface area contributed by atoms with Crippen molar-refractivity contribution < 1.29 is 22.7 Å². The third-order valence-electron chi connectivity index (χ3n) is 5.96. The number of para-hydroxylation sites is 1. The lowest BCUT2D eigenvalue weighted by Crippen LogP contribution is -2.37. The van der Waals surface area contributed by atoms with E-state index in [1.54, 1.807) is 49.4 Å². The molecule has 1 aliphatic rings. The van der Waals surface area contributed by atoms with Crippen molar-refractivity contribution in [1.29, 1.82) is 0 Å². The number of rotatable bonds is 4. The Bertz CT molecular complexity index is 1520. The standard InChI is InChI=1S/C26H22N2O5S/c1-2-33-25(29)17-23-21-14-8-16-27(21)34(31,32)24-15-6-5-13-22(24)28(23)26(30)20-12-7-10-18-9-3-4-11-19(18)20/h3-16,23H,2,17H2,1H3. The summed E-state index contributed by atoms with van der Waals surface area (Å²) in [4.78, 5) is 28.2. The van der Waals surface area contributed by atoms with Gasteiger partial charge in [-0.25, -0.2) is 12.4 Å². The van der Waals surface area contributed by atoms with E-state index in [2.05, 4.69) is 0 Å². The predicted octanol–water partition coefficient (Wildman–Crippen LogP) is 4.53. The summed E-state index contributed by atoms with van der Waals surface area (Å²) in [6.45, 7) is 1.88. The molecule has 0 N–H and O–H groups in total. The van der Waals surface area contributed by atoms with E-state index in [-0.39, 0.29) is 23.6 Å². The number of benzene rings is 3. The van der Waals surface area contributed by atoms with Crippen LogP contribution in [-0.2, 0) is 19.6 Å². The molecule has 1 aliphatic heterocycles. The molecule has 34 heavy (non-hydrogen) atoms. The maximum Gasteiger partial charge on any atom is 0.308 e. The van der Waals surface area contributed by atoms with Gasteiger partial charge in [0.1, 0.15) is 4.90 Å². The van der Waals surface area contributed by atoms with Crippen molar-refractivity contribution in [3.8, 4) is 0 Å². The Balaban J connectivity index is 1.78. The fourth-order valence-electron chi connectivity index (χ4n) is 4.50. The number of ether oxygens (including phenoxy) is 1. The first-order valence-electron chi connectivity index (χ1n) is 10.9. The van der Waals surface area contributed by atoms with Crippen LogP contribution in [0.15, 0.2) is 90.0 Å². The molecule has 3 aromatic carbocycles. The Hall–Kier alpha value is -3.91. The smallest absolute Gasteiger partial charge is 0.308 e. The number of carbonyl (C=O) groups excluding carboxylic acids is 2. The van der Waals surface area contributed by atoms with Gasteiger partial charge in [-0.1, -0.05) is 48.5 Å². The lowest BCUT2D eigenvalue weighted by molar-refractivity contribution is -0.143. The summed E-state index contributed by atoms with van der Waals surface area (Å²) < 4.78 is 33.4. The minimum Gasteiger partial charge on any atom is -0.466 e. The van der Waals surface area contributed by atoms with E-state index in [9.17, 15) is 18.0 Å². The van der Waals surface area contributed by atoms with Crippen molar-refractivity contribution in [2.75, 3.05) is 11.5 Å². The zero-order valence-electron chi connectivity index (χ0n) is 18.4. The van der Waals surface area contributed by atoms with Gasteiger partial charge in [0.25, 0.3) is 15.9 Å². The fourth-order valence-corrected chi connectivity index (χ4v) is 6.09. The topological polar surface area (TPSA) is 85.7 Å². The van der Waals surface area contributed by atoms with E-state index in [1.165, 1.54) is 17.2 Å². The number of hydrogen-bond donors (Lipinski definition) is 0. The molecule has 0 radical (unpaired) electrons. The van der Waals surface area contributed by atoms with Gasteiger partial charge in [0.15, 0.2) is 0 Å². The third kappa shape index (κ3) is 3.47. The van der Waals surface area contributed by atoms with Crippen molar-refractivity contribution in [3.05, 3.63) is 96.3 Å². The second kappa shape index (κ2) is 8.46. The zero-order chi connectivity index (χ0) is 23.9. The first kappa shape index (κ1) is 21.9. The zero-order valence-corrected chi connectivity index (χ0v) is 19.2. The van der Waals surface area contributed by atoms with E-state index >= 15 is 0 Å². The van der Waals surface area contributed by atoms with Gasteiger partial charge < -0.3 is 4.74 Å². The fraction of sp³-hybridized carbons (Fsp3) is 0.154. The number of fused-ring (bicyclic) bond motifs is 3. The number of anilines is 1. The minimum atomic E-state index is -4.00. The quantitative estimate of drug-likeness (QED) is 0.406. The van der Waals surface area contributed by atoms with Crippen LogP contribution >= 0.6 is 0 Å². The highest BCUT2D eigenvalue weighted by Crippen LogP contribution is 2.41. The molecule has 0 aliphatic carbocycles. The monoisotopic (exact) mass is 474 g/mol. The van der Waals surface area contributed by atoms with E-state index in [1.807, 2.05) is 30.3 Å². The van der Waals surface area contributed by atoms with Crippen molar-refractivity contribution in [2.45, 2.75) is 24.3 Å². The van der Waals surface area contributed by atoms with Crippen molar-refractivity contribution in [1.82, 2.24) is 3.97 Å². The maximum atomic E-state index is 14.2. The molecule has 8 heteroatoms. The summed E-state index contributed by atoms with van der Waals surface area (Å²) in [5, 5.41) is 1.62. The maximum absolute atomic E-state index is 14.2. The van der Waals surface area contributed by atoms with Crippen molar-refractivity contribution >= 4 is 38.4 Å². The van der Waals surface area contributed by atoms with E-state index < -0.39 is 27.9 Å². The number of aromatic nitrogens is 1. The molecule has 1 aromatic heterocycles. The molecule has 7 nitrogen and oxygen atoms in total. The number of nitrogens with zero attached hydrogens (tertiary/aromatic N) is 2. The van der Waals surface area contributed by atoms with Gasteiger partial charge in [-0.05, 0) is 48.0 Å². The molecule has 172 valence electrons. The molecule has 0 bridgehead atoms. The summed E-state index contributed by atoms with van der Waals surface area (Å²) in [6, 6.07) is 21.6. The molecule has 2 heterocycles. The van der Waals surface area contributed by atoms with Crippen LogP contribution in [-0.4, -0.2) is 30.9 Å². The molecule has 1 unspecified atom stereocenters. The first-order chi connectivity index (χ1) is 16.4. The summed E-state index contributed by atoms with van der Waals surface area (Å²) in [6.07, 6.45) is 1.24. The van der Waals surface area contributed by atoms with Crippen LogP contribution in [0, 0.1) is 0 Å². The second-order valence-corrected chi connectivity index (χ2v) is 9.71. The summed E-state index contributed by atoms with van der Waals surface area (Å²) in [5.41, 5.74) is 0.954. The summed E-state index contributed by atoms with van der Waals surface area (Å²) >= 11 is 0. The van der Waals surface area contributed by atoms with Gasteiger partial charge in [0.2, 0.25) is 0 Å². The summed E-state index contributed by atoms with van der Waals surface area (Å²) in [5.74, 6) is -0.920. The molecule has 0 saturated carbocycles. The molecular weight excluding hydrogens is 452 g/mol. The Kier molecular flexibility index (Phi) is 5.45. The number of esters is 1. The lowest BCUT2D eigenvalue weighted by atomic mass is 10.0. The van der Waals surface area contributed by atoms with E-state index in [0.29, 0.717) is 11.3 Å². The number of hydrogen-bond acceptors (Lipinski definition) is 5. The van der Waals surface area contributed by atoms with Gasteiger partial charge in [-0.3, -0.25) is 14.5 Å². The Labute approximate surface area is 197 Å². The van der Waals surface area contributed by atoms with Crippen LogP contribution < -0.4 is 4.90 Å². The Morgan fingerprint density at radius 1 is 0.912 bits per heavy atom. The van der Waals surface area contributed by atoms with Crippen LogP contribution in [0.3, 0.4) is 0 Å². The van der Waals surface area contributed by atoms with Crippen LogP contribution in [0.5, 0.6) is 0 Å². The van der Waals surface area contributed by atoms with Crippen LogP contribution in [0.2, 0.25) is 0 Å². The van der Waals surface area contributed by atoms with Gasteiger partial charge in [0, 0.05) is 11.8 Å². The van der Waals surface area contributed by atoms with Crippen LogP contribution in [0.1, 0.15) is 35.4 Å². The lowest BCUT2D eigenvalue weighted by Gasteiger charge is -2.30. The average Bonchev–Trinajstić information content (AvgIpc) is 3.32. The van der Waals surface area contributed by atoms with Crippen LogP contribution in [0.4, 0.5) is 5.69 Å². The van der Waals surface area contributed by atoms with Gasteiger partial charge in [-0.15, -0.1) is 0 Å². The van der Waals surface area contributed by atoms with Crippen LogP contribution in [0.25, 0.3) is 10.8 Å². The molecule has 1 amide bonds. The van der Waals surface area contributed by atoms with Crippen molar-refractivity contribution in [2.24, 2.45) is 0 Å². The molecule has 4 aromatic rings. The van der Waals surface area contributed by atoms with E-state index in [0.717, 1.165) is 14.7 Å². The Morgan fingerprint density at radius 2 is 1.65 bits per heavy atom. The largest absolute Gasteiger partial charge is 0.466 e. The third-order valence-corrected chi connectivity index (χ3v) is 7.71.